The summed E-state index contributed by atoms with van der Waals surface area (Å²) in [6.07, 6.45) is 1.05. The molecule has 2 heterocycles. The first kappa shape index (κ1) is 18.6. The maximum atomic E-state index is 12.9. The van der Waals surface area contributed by atoms with E-state index >= 15 is 0 Å². The summed E-state index contributed by atoms with van der Waals surface area (Å²) < 4.78 is 23.6. The second-order valence-corrected chi connectivity index (χ2v) is 9.09. The van der Waals surface area contributed by atoms with Crippen LogP contribution >= 0.6 is 0 Å². The lowest BCUT2D eigenvalue weighted by atomic mass is 10.1. The lowest BCUT2D eigenvalue weighted by molar-refractivity contribution is -0.135. The van der Waals surface area contributed by atoms with Crippen LogP contribution in [0.1, 0.15) is 47.4 Å². The van der Waals surface area contributed by atoms with Crippen molar-refractivity contribution in [2.24, 2.45) is 0 Å². The van der Waals surface area contributed by atoms with E-state index in [0.717, 1.165) is 4.90 Å². The Morgan fingerprint density at radius 3 is 2.27 bits per heavy atom. The highest BCUT2D eigenvalue weighted by Gasteiger charge is 2.40. The number of sulfone groups is 1. The highest BCUT2D eigenvalue weighted by molar-refractivity contribution is 7.91. The van der Waals surface area contributed by atoms with E-state index in [1.807, 2.05) is 13.8 Å². The molecule has 0 radical (unpaired) electrons. The van der Waals surface area contributed by atoms with Crippen molar-refractivity contribution < 1.29 is 22.8 Å². The Hall–Kier alpha value is -2.22. The molecular formula is C18H22N2O5S. The van der Waals surface area contributed by atoms with Crippen molar-refractivity contribution in [3.8, 4) is 0 Å². The van der Waals surface area contributed by atoms with E-state index < -0.39 is 33.6 Å². The third-order valence-corrected chi connectivity index (χ3v) is 6.88. The van der Waals surface area contributed by atoms with Crippen LogP contribution in [0.25, 0.3) is 0 Å². The molecule has 0 saturated carbocycles. The van der Waals surface area contributed by atoms with Crippen LogP contribution in [0.2, 0.25) is 0 Å². The molecule has 0 bridgehead atoms. The average Bonchev–Trinajstić information content (AvgIpc) is 3.07. The van der Waals surface area contributed by atoms with Gasteiger partial charge in [-0.1, -0.05) is 19.1 Å². The van der Waals surface area contributed by atoms with E-state index in [2.05, 4.69) is 0 Å². The molecule has 0 aromatic heterocycles. The van der Waals surface area contributed by atoms with Crippen LogP contribution in [-0.2, 0) is 14.6 Å². The van der Waals surface area contributed by atoms with Crippen molar-refractivity contribution in [1.82, 2.24) is 9.80 Å². The van der Waals surface area contributed by atoms with Crippen molar-refractivity contribution in [1.29, 1.82) is 0 Å². The first-order valence-electron chi connectivity index (χ1n) is 8.72. The number of benzene rings is 1. The fourth-order valence-corrected chi connectivity index (χ4v) is 5.31. The molecule has 2 atom stereocenters. The number of nitrogens with zero attached hydrogens (tertiary/aromatic N) is 2. The molecule has 26 heavy (non-hydrogen) atoms. The quantitative estimate of drug-likeness (QED) is 0.716. The highest BCUT2D eigenvalue weighted by atomic mass is 32.2. The van der Waals surface area contributed by atoms with Crippen LogP contribution in [-0.4, -0.2) is 66.1 Å². The van der Waals surface area contributed by atoms with E-state index in [-0.39, 0.29) is 24.1 Å². The summed E-state index contributed by atoms with van der Waals surface area (Å²) >= 11 is 0. The number of carbonyl (C=O) groups is 3. The van der Waals surface area contributed by atoms with Crippen LogP contribution in [0.3, 0.4) is 0 Å². The summed E-state index contributed by atoms with van der Waals surface area (Å²) in [5.74, 6) is -1.36. The molecule has 7 nitrogen and oxygen atoms in total. The molecule has 0 unspecified atom stereocenters. The second kappa shape index (κ2) is 6.83. The molecule has 1 aromatic rings. The molecule has 3 rings (SSSR count). The fraction of sp³-hybridized carbons (Fsp3) is 0.500. The van der Waals surface area contributed by atoms with Gasteiger partial charge >= 0.3 is 0 Å². The maximum absolute atomic E-state index is 12.9. The van der Waals surface area contributed by atoms with Crippen molar-refractivity contribution >= 4 is 27.6 Å². The molecule has 2 aliphatic rings. The van der Waals surface area contributed by atoms with Crippen molar-refractivity contribution in [3.63, 3.8) is 0 Å². The van der Waals surface area contributed by atoms with Gasteiger partial charge in [0.15, 0.2) is 9.84 Å². The summed E-state index contributed by atoms with van der Waals surface area (Å²) in [7, 11) is -3.15. The third kappa shape index (κ3) is 3.25. The predicted octanol–water partition coefficient (Wildman–Crippen LogP) is 1.10. The zero-order valence-corrected chi connectivity index (χ0v) is 15.7. The molecule has 8 heteroatoms. The number of hydrogen-bond acceptors (Lipinski definition) is 5. The SMILES string of the molecule is CC[C@H](C)N(C(=O)CN1C(=O)c2ccccc2C1=O)[C@H]1CCS(=O)(=O)C1. The smallest absolute Gasteiger partial charge is 0.262 e. The third-order valence-electron chi connectivity index (χ3n) is 5.13. The van der Waals surface area contributed by atoms with E-state index in [4.69, 9.17) is 0 Å². The van der Waals surface area contributed by atoms with E-state index in [9.17, 15) is 22.8 Å². The van der Waals surface area contributed by atoms with Gasteiger partial charge in [0.1, 0.15) is 6.54 Å². The summed E-state index contributed by atoms with van der Waals surface area (Å²) in [4.78, 5) is 40.4. The highest BCUT2D eigenvalue weighted by Crippen LogP contribution is 2.25. The van der Waals surface area contributed by atoms with E-state index in [1.165, 1.54) is 0 Å². The van der Waals surface area contributed by atoms with Gasteiger partial charge in [0.25, 0.3) is 11.8 Å². The normalized spacial score (nSPS) is 22.4. The Bertz CT molecular complexity index is 829. The van der Waals surface area contributed by atoms with Crippen LogP contribution in [0.5, 0.6) is 0 Å². The first-order chi connectivity index (χ1) is 12.2. The Balaban J connectivity index is 1.81. The zero-order valence-electron chi connectivity index (χ0n) is 14.8. The predicted molar refractivity (Wildman–Crippen MR) is 95.5 cm³/mol. The Labute approximate surface area is 152 Å². The van der Waals surface area contributed by atoms with Gasteiger partial charge < -0.3 is 4.90 Å². The molecule has 140 valence electrons. The van der Waals surface area contributed by atoms with Gasteiger partial charge in [0, 0.05) is 12.1 Å². The summed E-state index contributed by atoms with van der Waals surface area (Å²) in [5, 5.41) is 0. The number of fused-ring (bicyclic) bond motifs is 1. The zero-order chi connectivity index (χ0) is 19.1. The summed E-state index contributed by atoms with van der Waals surface area (Å²) in [6.45, 7) is 3.40. The molecule has 0 spiro atoms. The van der Waals surface area contributed by atoms with Crippen LogP contribution in [0.15, 0.2) is 24.3 Å². The topological polar surface area (TPSA) is 91.8 Å². The number of carbonyl (C=O) groups excluding carboxylic acids is 3. The minimum absolute atomic E-state index is 0.0604. The number of hydrogen-bond donors (Lipinski definition) is 0. The lowest BCUT2D eigenvalue weighted by Gasteiger charge is -2.34. The fourth-order valence-electron chi connectivity index (χ4n) is 3.60. The Morgan fingerprint density at radius 2 is 1.81 bits per heavy atom. The Morgan fingerprint density at radius 1 is 1.23 bits per heavy atom. The van der Waals surface area contributed by atoms with E-state index in [1.54, 1.807) is 29.2 Å². The maximum Gasteiger partial charge on any atom is 0.262 e. The van der Waals surface area contributed by atoms with Gasteiger partial charge in [-0.05, 0) is 31.9 Å². The standard InChI is InChI=1S/C18H22N2O5S/c1-3-12(2)20(13-8-9-26(24,25)11-13)16(21)10-19-17(22)14-6-4-5-7-15(14)18(19)23/h4-7,12-13H,3,8-11H2,1-2H3/t12-,13-/m0/s1. The second-order valence-electron chi connectivity index (χ2n) is 6.86. The molecular weight excluding hydrogens is 356 g/mol. The number of rotatable bonds is 5. The van der Waals surface area contributed by atoms with Crippen molar-refractivity contribution in [3.05, 3.63) is 35.4 Å². The minimum atomic E-state index is -3.15. The van der Waals surface area contributed by atoms with Gasteiger partial charge in [-0.25, -0.2) is 8.42 Å². The molecule has 1 aromatic carbocycles. The molecule has 2 aliphatic heterocycles. The van der Waals surface area contributed by atoms with Gasteiger partial charge in [-0.3, -0.25) is 19.3 Å². The average molecular weight is 378 g/mol. The molecule has 1 fully saturated rings. The monoisotopic (exact) mass is 378 g/mol. The van der Waals surface area contributed by atoms with Crippen molar-refractivity contribution in [2.45, 2.75) is 38.8 Å². The van der Waals surface area contributed by atoms with Gasteiger partial charge in [-0.15, -0.1) is 0 Å². The van der Waals surface area contributed by atoms with Gasteiger partial charge in [0.05, 0.1) is 22.6 Å². The van der Waals surface area contributed by atoms with Crippen molar-refractivity contribution in [2.75, 3.05) is 18.1 Å². The van der Waals surface area contributed by atoms with Crippen LogP contribution in [0, 0.1) is 0 Å². The van der Waals surface area contributed by atoms with E-state index in [0.29, 0.717) is 24.0 Å². The lowest BCUT2D eigenvalue weighted by Crippen LogP contribution is -2.51. The molecule has 0 N–H and O–H groups in total. The molecule has 0 aliphatic carbocycles. The minimum Gasteiger partial charge on any atom is -0.334 e. The Kier molecular flexibility index (Phi) is 4.88. The summed E-state index contributed by atoms with van der Waals surface area (Å²) in [6, 6.07) is 5.90. The molecule has 3 amide bonds. The van der Waals surface area contributed by atoms with Gasteiger partial charge in [0.2, 0.25) is 5.91 Å². The number of imide groups is 1. The molecule has 1 saturated heterocycles. The number of amides is 3. The van der Waals surface area contributed by atoms with Gasteiger partial charge in [-0.2, -0.15) is 0 Å². The first-order valence-corrected chi connectivity index (χ1v) is 10.5. The largest absolute Gasteiger partial charge is 0.334 e. The summed E-state index contributed by atoms with van der Waals surface area (Å²) in [5.41, 5.74) is 0.590. The van der Waals surface area contributed by atoms with Crippen LogP contribution < -0.4 is 0 Å². The van der Waals surface area contributed by atoms with Crippen LogP contribution in [0.4, 0.5) is 0 Å².